The number of nitrogens with zero attached hydrogens (tertiary/aromatic N) is 4. The molecule has 0 aliphatic heterocycles. The maximum absolute atomic E-state index is 8.90. The summed E-state index contributed by atoms with van der Waals surface area (Å²) in [6.45, 7) is 8.69. The van der Waals surface area contributed by atoms with E-state index in [0.717, 1.165) is 24.6 Å². The number of aryl methyl sites for hydroxylation is 2. The minimum atomic E-state index is 0.0791. The Morgan fingerprint density at radius 3 is 2.74 bits per heavy atom. The molecule has 7 nitrogen and oxygen atoms in total. The number of aromatic nitrogens is 2. The summed E-state index contributed by atoms with van der Waals surface area (Å²) in [4.78, 5) is 2.10. The largest absolute Gasteiger partial charge is 0.409 e. The van der Waals surface area contributed by atoms with Crippen LogP contribution in [0.4, 0.5) is 5.82 Å². The van der Waals surface area contributed by atoms with Gasteiger partial charge in [0.2, 0.25) is 0 Å². The number of oxime groups is 1. The van der Waals surface area contributed by atoms with Gasteiger partial charge in [0.25, 0.3) is 0 Å². The number of rotatable bonds is 7. The Kier molecular flexibility index (Phi) is 5.62. The summed E-state index contributed by atoms with van der Waals surface area (Å²) >= 11 is 0. The molecule has 0 bridgehead atoms. The Bertz CT molecular complexity index is 442. The second kappa shape index (κ2) is 6.98. The molecule has 0 saturated heterocycles. The highest BCUT2D eigenvalue weighted by atomic mass is 16.5. The number of anilines is 1. The van der Waals surface area contributed by atoms with E-state index in [-0.39, 0.29) is 5.84 Å². The smallest absolute Gasteiger partial charge is 0.175 e. The van der Waals surface area contributed by atoms with Crippen LogP contribution in [-0.2, 0) is 11.8 Å². The fourth-order valence-corrected chi connectivity index (χ4v) is 2.09. The monoisotopic (exact) mass is 269 g/mol. The Morgan fingerprint density at radius 2 is 2.21 bits per heavy atom. The van der Waals surface area contributed by atoms with Crippen LogP contribution in [0.25, 0.3) is 0 Å². The van der Waals surface area contributed by atoms with Crippen molar-refractivity contribution in [2.45, 2.75) is 20.8 Å². The summed E-state index contributed by atoms with van der Waals surface area (Å²) in [5.74, 6) is 0.922. The van der Waals surface area contributed by atoms with Crippen LogP contribution in [0.1, 0.15) is 25.1 Å². The van der Waals surface area contributed by atoms with Crippen molar-refractivity contribution in [1.29, 1.82) is 0 Å². The van der Waals surface area contributed by atoms with Gasteiger partial charge in [-0.15, -0.1) is 0 Å². The second-order valence-corrected chi connectivity index (χ2v) is 4.17. The third-order valence-electron chi connectivity index (χ3n) is 2.95. The minimum absolute atomic E-state index is 0.0791. The molecule has 0 unspecified atom stereocenters. The first kappa shape index (κ1) is 15.3. The summed E-state index contributed by atoms with van der Waals surface area (Å²) in [6, 6.07) is 0. The van der Waals surface area contributed by atoms with E-state index < -0.39 is 0 Å². The maximum atomic E-state index is 8.90. The molecule has 1 rings (SSSR count). The summed E-state index contributed by atoms with van der Waals surface area (Å²) in [5.41, 5.74) is 7.15. The van der Waals surface area contributed by atoms with Crippen molar-refractivity contribution in [1.82, 2.24) is 9.78 Å². The molecule has 0 aromatic carbocycles. The van der Waals surface area contributed by atoms with Crippen LogP contribution in [0.3, 0.4) is 0 Å². The molecule has 0 aliphatic rings. The average Bonchev–Trinajstić information content (AvgIpc) is 2.69. The number of likely N-dealkylation sites (N-methyl/N-ethyl adjacent to an activating group) is 1. The van der Waals surface area contributed by atoms with E-state index in [2.05, 4.69) is 15.2 Å². The van der Waals surface area contributed by atoms with Gasteiger partial charge in [0.15, 0.2) is 5.84 Å². The Labute approximate surface area is 113 Å². The maximum Gasteiger partial charge on any atom is 0.175 e. The van der Waals surface area contributed by atoms with Crippen molar-refractivity contribution in [3.05, 3.63) is 11.3 Å². The Morgan fingerprint density at radius 1 is 1.53 bits per heavy atom. The number of hydrogen-bond acceptors (Lipinski definition) is 5. The van der Waals surface area contributed by atoms with Gasteiger partial charge in [-0.25, -0.2) is 0 Å². The van der Waals surface area contributed by atoms with Gasteiger partial charge in [0, 0.05) is 26.7 Å². The lowest BCUT2D eigenvalue weighted by Crippen LogP contribution is -2.31. The molecule has 1 aromatic heterocycles. The highest BCUT2D eigenvalue weighted by molar-refractivity contribution is 6.02. The minimum Gasteiger partial charge on any atom is -0.409 e. The molecule has 0 fully saturated rings. The van der Waals surface area contributed by atoms with Gasteiger partial charge in [0.1, 0.15) is 5.82 Å². The van der Waals surface area contributed by atoms with E-state index >= 15 is 0 Å². The van der Waals surface area contributed by atoms with E-state index in [1.165, 1.54) is 0 Å². The van der Waals surface area contributed by atoms with Gasteiger partial charge in [0.05, 0.1) is 17.9 Å². The predicted octanol–water partition coefficient (Wildman–Crippen LogP) is 0.686. The molecule has 0 spiro atoms. The highest BCUT2D eigenvalue weighted by Crippen LogP contribution is 2.22. The van der Waals surface area contributed by atoms with Crippen molar-refractivity contribution in [3.8, 4) is 0 Å². The molecule has 0 radical (unpaired) electrons. The van der Waals surface area contributed by atoms with Gasteiger partial charge >= 0.3 is 0 Å². The van der Waals surface area contributed by atoms with Gasteiger partial charge < -0.3 is 20.6 Å². The summed E-state index contributed by atoms with van der Waals surface area (Å²) in [5, 5.41) is 16.3. The van der Waals surface area contributed by atoms with Gasteiger partial charge in [-0.1, -0.05) is 5.16 Å². The molecule has 1 heterocycles. The first-order valence-corrected chi connectivity index (χ1v) is 6.40. The van der Waals surface area contributed by atoms with E-state index in [1.54, 1.807) is 4.68 Å². The number of ether oxygens (including phenoxy) is 1. The fraction of sp³-hybridized carbons (Fsp3) is 0.667. The molecule has 3 N–H and O–H groups in total. The molecule has 1 aromatic rings. The molecule has 0 aliphatic carbocycles. The lowest BCUT2D eigenvalue weighted by Gasteiger charge is -2.24. The zero-order valence-corrected chi connectivity index (χ0v) is 12.1. The summed E-state index contributed by atoms with van der Waals surface area (Å²) in [6.07, 6.45) is 0. The van der Waals surface area contributed by atoms with Crippen molar-refractivity contribution in [2.75, 3.05) is 31.2 Å². The van der Waals surface area contributed by atoms with Crippen molar-refractivity contribution >= 4 is 11.7 Å². The van der Waals surface area contributed by atoms with Gasteiger partial charge in [-0.2, -0.15) is 5.10 Å². The predicted molar refractivity (Wildman–Crippen MR) is 74.8 cm³/mol. The van der Waals surface area contributed by atoms with Crippen molar-refractivity contribution in [2.24, 2.45) is 17.9 Å². The molecule has 0 atom stereocenters. The third-order valence-corrected chi connectivity index (χ3v) is 2.95. The van der Waals surface area contributed by atoms with Crippen LogP contribution >= 0.6 is 0 Å². The van der Waals surface area contributed by atoms with Crippen LogP contribution < -0.4 is 10.6 Å². The summed E-state index contributed by atoms with van der Waals surface area (Å²) in [7, 11) is 1.85. The SMILES string of the molecule is CCOCCN(CC)c1c(C(N)=NO)c(C)nn1C. The van der Waals surface area contributed by atoms with Crippen LogP contribution in [-0.4, -0.2) is 47.1 Å². The van der Waals surface area contributed by atoms with E-state index in [4.69, 9.17) is 15.7 Å². The molecule has 19 heavy (non-hydrogen) atoms. The first-order valence-electron chi connectivity index (χ1n) is 6.40. The molecule has 108 valence electrons. The Hall–Kier alpha value is -1.76. The quantitative estimate of drug-likeness (QED) is 0.250. The fourth-order valence-electron chi connectivity index (χ4n) is 2.09. The van der Waals surface area contributed by atoms with E-state index in [1.807, 2.05) is 27.8 Å². The van der Waals surface area contributed by atoms with Crippen molar-refractivity contribution < 1.29 is 9.94 Å². The molecule has 7 heteroatoms. The number of hydrogen-bond donors (Lipinski definition) is 2. The number of amidine groups is 1. The van der Waals surface area contributed by atoms with Crippen molar-refractivity contribution in [3.63, 3.8) is 0 Å². The first-order chi connectivity index (χ1) is 9.06. The third kappa shape index (κ3) is 3.37. The van der Waals surface area contributed by atoms with Crippen LogP contribution in [0, 0.1) is 6.92 Å². The lowest BCUT2D eigenvalue weighted by molar-refractivity contribution is 0.154. The second-order valence-electron chi connectivity index (χ2n) is 4.17. The molecule has 0 amide bonds. The molecular weight excluding hydrogens is 246 g/mol. The van der Waals surface area contributed by atoms with Gasteiger partial charge in [-0.3, -0.25) is 4.68 Å². The lowest BCUT2D eigenvalue weighted by atomic mass is 10.2. The van der Waals surface area contributed by atoms with Crippen LogP contribution in [0.5, 0.6) is 0 Å². The molecular formula is C12H23N5O2. The Balaban J connectivity index is 3.08. The van der Waals surface area contributed by atoms with E-state index in [9.17, 15) is 0 Å². The van der Waals surface area contributed by atoms with E-state index in [0.29, 0.717) is 18.8 Å². The molecule has 0 saturated carbocycles. The summed E-state index contributed by atoms with van der Waals surface area (Å²) < 4.78 is 7.13. The topological polar surface area (TPSA) is 88.9 Å². The normalized spacial score (nSPS) is 11.9. The zero-order valence-electron chi connectivity index (χ0n) is 12.1. The van der Waals surface area contributed by atoms with Crippen LogP contribution in [0.2, 0.25) is 0 Å². The highest BCUT2D eigenvalue weighted by Gasteiger charge is 2.21. The van der Waals surface area contributed by atoms with Gasteiger partial charge in [-0.05, 0) is 20.8 Å². The average molecular weight is 269 g/mol. The van der Waals surface area contributed by atoms with Crippen LogP contribution in [0.15, 0.2) is 5.16 Å². The standard InChI is InChI=1S/C12H23N5O2/c1-5-17(7-8-19-6-2)12-10(11(13)15-18)9(3)14-16(12)4/h18H,5-8H2,1-4H3,(H2,13,15). The number of nitrogens with two attached hydrogens (primary N) is 1. The zero-order chi connectivity index (χ0) is 14.4.